The first kappa shape index (κ1) is 27.1. The van der Waals surface area contributed by atoms with E-state index in [1.165, 1.54) is 6.07 Å². The van der Waals surface area contributed by atoms with Crippen LogP contribution in [-0.4, -0.2) is 63.6 Å². The summed E-state index contributed by atoms with van der Waals surface area (Å²) in [6, 6.07) is 14.0. The molecule has 5 rings (SSSR count). The molecule has 0 bridgehead atoms. The average Bonchev–Trinajstić information content (AvgIpc) is 3.62. The van der Waals surface area contributed by atoms with Gasteiger partial charge in [-0.2, -0.15) is 0 Å². The van der Waals surface area contributed by atoms with Gasteiger partial charge in [-0.15, -0.1) is 0 Å². The summed E-state index contributed by atoms with van der Waals surface area (Å²) < 4.78 is 19.0. The molecule has 1 saturated heterocycles. The molecule has 2 unspecified atom stereocenters. The molecular weight excluding hydrogens is 523 g/mol. The second-order valence-electron chi connectivity index (χ2n) is 9.93. The lowest BCUT2D eigenvalue weighted by atomic mass is 10.00. The molecule has 2 aliphatic rings. The Morgan fingerprint density at radius 3 is 2.51 bits per heavy atom. The number of ether oxygens (including phenoxy) is 1. The number of hydrogen-bond acceptors (Lipinski definition) is 7. The Kier molecular flexibility index (Phi) is 8.40. The van der Waals surface area contributed by atoms with Crippen molar-refractivity contribution in [2.24, 2.45) is 5.16 Å². The number of carbonyl (C=O) groups excluding carboxylic acids is 1. The third-order valence-corrected chi connectivity index (χ3v) is 7.26. The summed E-state index contributed by atoms with van der Waals surface area (Å²) in [5.74, 6) is -0.491. The van der Waals surface area contributed by atoms with Crippen LogP contribution in [0.5, 0.6) is 5.75 Å². The largest absolute Gasteiger partial charge is 0.489 e. The van der Waals surface area contributed by atoms with Gasteiger partial charge in [0.15, 0.2) is 5.71 Å². The minimum absolute atomic E-state index is 0.192. The van der Waals surface area contributed by atoms with Gasteiger partial charge >= 0.3 is 0 Å². The average molecular weight is 553 g/mol. The van der Waals surface area contributed by atoms with E-state index in [0.717, 1.165) is 45.0 Å². The maximum absolute atomic E-state index is 13.3. The fraction of sp³-hybridized carbons (Fsp3) is 0.345. The van der Waals surface area contributed by atoms with Crippen LogP contribution in [0, 0.1) is 5.82 Å². The molecule has 204 valence electrons. The number of hydrogen-bond donors (Lipinski definition) is 3. The highest BCUT2D eigenvalue weighted by atomic mass is 35.5. The number of aliphatic hydroxyl groups excluding tert-OH is 1. The molecule has 8 nitrogen and oxygen atoms in total. The number of oxime groups is 1. The Labute approximate surface area is 231 Å². The lowest BCUT2D eigenvalue weighted by Gasteiger charge is -2.29. The molecule has 1 amide bonds. The topological polar surface area (TPSA) is 107 Å². The van der Waals surface area contributed by atoms with Crippen LogP contribution >= 0.6 is 11.6 Å². The maximum Gasteiger partial charge on any atom is 0.274 e. The summed E-state index contributed by atoms with van der Waals surface area (Å²) in [5.41, 5.74) is 2.00. The highest BCUT2D eigenvalue weighted by molar-refractivity contribution is 6.45. The van der Waals surface area contributed by atoms with Crippen LogP contribution in [0.25, 0.3) is 11.3 Å². The number of aliphatic hydroxyl groups is 1. The van der Waals surface area contributed by atoms with E-state index in [1.807, 2.05) is 0 Å². The molecule has 1 aliphatic heterocycles. The molecule has 0 spiro atoms. The maximum atomic E-state index is 13.3. The van der Waals surface area contributed by atoms with Crippen molar-refractivity contribution in [1.82, 2.24) is 15.2 Å². The Balaban J connectivity index is 1.32. The smallest absolute Gasteiger partial charge is 0.274 e. The third-order valence-electron chi connectivity index (χ3n) is 6.96. The van der Waals surface area contributed by atoms with Crippen molar-refractivity contribution in [2.75, 3.05) is 19.6 Å². The number of carbonyl (C=O) groups is 1. The van der Waals surface area contributed by atoms with Crippen molar-refractivity contribution in [3.05, 3.63) is 82.8 Å². The number of nitrogens with one attached hydrogen (secondary N) is 1. The highest BCUT2D eigenvalue weighted by Crippen LogP contribution is 2.34. The van der Waals surface area contributed by atoms with Crippen molar-refractivity contribution in [1.29, 1.82) is 0 Å². The fourth-order valence-electron chi connectivity index (χ4n) is 4.68. The number of pyridine rings is 1. The molecule has 1 aliphatic carbocycles. The molecule has 2 aromatic carbocycles. The van der Waals surface area contributed by atoms with Crippen LogP contribution in [0.15, 0.2) is 65.9 Å². The molecule has 3 aromatic rings. The Hall–Kier alpha value is -3.53. The van der Waals surface area contributed by atoms with Crippen LogP contribution < -0.4 is 10.1 Å². The van der Waals surface area contributed by atoms with Gasteiger partial charge in [0.1, 0.15) is 17.7 Å². The van der Waals surface area contributed by atoms with E-state index in [0.29, 0.717) is 39.7 Å². The Bertz CT molecular complexity index is 1330. The van der Waals surface area contributed by atoms with Gasteiger partial charge in [0.05, 0.1) is 29.1 Å². The molecule has 10 heteroatoms. The molecule has 2 heterocycles. The fourth-order valence-corrected chi connectivity index (χ4v) is 4.91. The normalized spacial score (nSPS) is 17.6. The first-order valence-electron chi connectivity index (χ1n) is 13.0. The van der Waals surface area contributed by atoms with Crippen molar-refractivity contribution >= 4 is 23.2 Å². The van der Waals surface area contributed by atoms with Crippen LogP contribution in [0.4, 0.5) is 4.39 Å². The van der Waals surface area contributed by atoms with E-state index in [-0.39, 0.29) is 11.8 Å². The summed E-state index contributed by atoms with van der Waals surface area (Å²) in [6.07, 6.45) is 4.37. The van der Waals surface area contributed by atoms with E-state index in [9.17, 15) is 19.5 Å². The van der Waals surface area contributed by atoms with Gasteiger partial charge in [0.2, 0.25) is 0 Å². The number of halogens is 2. The SMILES string of the molecule is O=C(NC(CN1CCCC1)C(O)c1ccc(OC2CC2)c(Cl)c1)/C(=N/O)c1ccc(-c2ccc(F)cn2)cc1. The number of rotatable bonds is 10. The van der Waals surface area contributed by atoms with Gasteiger partial charge in [-0.1, -0.05) is 47.1 Å². The van der Waals surface area contributed by atoms with Crippen molar-refractivity contribution in [2.45, 2.75) is 43.9 Å². The van der Waals surface area contributed by atoms with Crippen LogP contribution in [0.3, 0.4) is 0 Å². The molecular formula is C29H30ClFN4O4. The van der Waals surface area contributed by atoms with Gasteiger partial charge in [-0.05, 0) is 68.6 Å². The quantitative estimate of drug-likeness (QED) is 0.193. The zero-order valence-corrected chi connectivity index (χ0v) is 22.0. The lowest BCUT2D eigenvalue weighted by Crippen LogP contribution is -2.48. The van der Waals surface area contributed by atoms with E-state index >= 15 is 0 Å². The summed E-state index contributed by atoms with van der Waals surface area (Å²) in [4.78, 5) is 19.5. The molecule has 3 N–H and O–H groups in total. The predicted molar refractivity (Wildman–Crippen MR) is 146 cm³/mol. The molecule has 2 atom stereocenters. The Morgan fingerprint density at radius 2 is 1.90 bits per heavy atom. The standard InChI is InChI=1S/C29H30ClFN4O4/c30-23-15-20(7-12-26(23)39-22-9-10-22)28(36)25(17-35-13-1-2-14-35)33-29(37)27(34-38)19-5-3-18(4-6-19)24-11-8-21(31)16-32-24/h3-8,11-12,15-16,22,25,28,36,38H,1-2,9-10,13-14,17H2,(H,33,37)/b34-27+. The van der Waals surface area contributed by atoms with Crippen LogP contribution in [-0.2, 0) is 4.79 Å². The number of nitrogens with zero attached hydrogens (tertiary/aromatic N) is 3. The van der Waals surface area contributed by atoms with Gasteiger partial charge in [0, 0.05) is 17.7 Å². The van der Waals surface area contributed by atoms with Crippen molar-refractivity contribution < 1.29 is 24.2 Å². The van der Waals surface area contributed by atoms with E-state index < -0.39 is 23.9 Å². The van der Waals surface area contributed by atoms with Gasteiger partial charge in [-0.3, -0.25) is 9.78 Å². The third kappa shape index (κ3) is 6.73. The first-order valence-corrected chi connectivity index (χ1v) is 13.4. The summed E-state index contributed by atoms with van der Waals surface area (Å²) >= 11 is 6.43. The number of aromatic nitrogens is 1. The monoisotopic (exact) mass is 552 g/mol. The summed E-state index contributed by atoms with van der Waals surface area (Å²) in [6.45, 7) is 2.15. The van der Waals surface area contributed by atoms with E-state index in [4.69, 9.17) is 16.3 Å². The van der Waals surface area contributed by atoms with E-state index in [1.54, 1.807) is 48.5 Å². The second kappa shape index (κ2) is 12.1. The minimum atomic E-state index is -1.06. The minimum Gasteiger partial charge on any atom is -0.489 e. The molecule has 39 heavy (non-hydrogen) atoms. The molecule has 0 radical (unpaired) electrons. The van der Waals surface area contributed by atoms with E-state index in [2.05, 4.69) is 20.4 Å². The number of likely N-dealkylation sites (tertiary alicyclic amines) is 1. The number of amides is 1. The molecule has 2 fully saturated rings. The van der Waals surface area contributed by atoms with Crippen molar-refractivity contribution in [3.8, 4) is 17.0 Å². The summed E-state index contributed by atoms with van der Waals surface area (Å²) in [5, 5.41) is 27.6. The van der Waals surface area contributed by atoms with Gasteiger partial charge in [0.25, 0.3) is 5.91 Å². The molecule has 1 saturated carbocycles. The van der Waals surface area contributed by atoms with Crippen molar-refractivity contribution in [3.63, 3.8) is 0 Å². The number of benzene rings is 2. The predicted octanol–water partition coefficient (Wildman–Crippen LogP) is 4.57. The lowest BCUT2D eigenvalue weighted by molar-refractivity contribution is -0.116. The zero-order valence-electron chi connectivity index (χ0n) is 21.3. The van der Waals surface area contributed by atoms with Gasteiger partial charge < -0.3 is 25.3 Å². The highest BCUT2D eigenvalue weighted by Gasteiger charge is 2.30. The molecule has 1 aromatic heterocycles. The van der Waals surface area contributed by atoms with Gasteiger partial charge in [-0.25, -0.2) is 4.39 Å². The Morgan fingerprint density at radius 1 is 1.15 bits per heavy atom. The zero-order chi connectivity index (χ0) is 27.4. The van der Waals surface area contributed by atoms with Crippen LogP contribution in [0.1, 0.15) is 42.9 Å². The second-order valence-corrected chi connectivity index (χ2v) is 10.3. The van der Waals surface area contributed by atoms with Crippen LogP contribution in [0.2, 0.25) is 5.02 Å². The first-order chi connectivity index (χ1) is 18.9. The summed E-state index contributed by atoms with van der Waals surface area (Å²) in [7, 11) is 0.